The van der Waals surface area contributed by atoms with E-state index in [0.717, 1.165) is 31.0 Å². The number of hydrazone groups is 2. The Labute approximate surface area is 310 Å². The highest BCUT2D eigenvalue weighted by Crippen LogP contribution is 2.64. The molecular formula is C38H54N8O7. The largest absolute Gasteiger partial charge is 0.397 e. The first-order chi connectivity index (χ1) is 25.1. The van der Waals surface area contributed by atoms with E-state index in [9.17, 15) is 35.4 Å². The zero-order valence-corrected chi connectivity index (χ0v) is 31.2. The average Bonchev–Trinajstić information content (AvgIpc) is 3.45. The van der Waals surface area contributed by atoms with Crippen molar-refractivity contribution in [3.8, 4) is 0 Å². The number of nitrogens with zero attached hydrogens (tertiary/aromatic N) is 5. The third kappa shape index (κ3) is 8.77. The van der Waals surface area contributed by atoms with Crippen LogP contribution in [0.1, 0.15) is 105 Å². The minimum atomic E-state index is -0.673. The summed E-state index contributed by atoms with van der Waals surface area (Å²) < 4.78 is 0. The Morgan fingerprint density at radius 1 is 0.906 bits per heavy atom. The van der Waals surface area contributed by atoms with Gasteiger partial charge >= 0.3 is 5.69 Å². The van der Waals surface area contributed by atoms with Gasteiger partial charge in [-0.25, -0.2) is 0 Å². The molecule has 2 aromatic rings. The summed E-state index contributed by atoms with van der Waals surface area (Å²) in [7, 11) is 0. The fourth-order valence-electron chi connectivity index (χ4n) is 9.74. The molecule has 0 spiro atoms. The van der Waals surface area contributed by atoms with Gasteiger partial charge in [0.15, 0.2) is 0 Å². The first-order valence-corrected chi connectivity index (χ1v) is 18.9. The predicted octanol–water partition coefficient (Wildman–Crippen LogP) is 9.08. The van der Waals surface area contributed by atoms with Crippen molar-refractivity contribution in [2.75, 3.05) is 16.6 Å². The summed E-state index contributed by atoms with van der Waals surface area (Å²) in [6.45, 7) is 9.23. The maximum absolute atomic E-state index is 11.9. The molecule has 15 heteroatoms. The number of rotatable bonds is 15. The summed E-state index contributed by atoms with van der Waals surface area (Å²) >= 11 is 0. The van der Waals surface area contributed by atoms with Crippen molar-refractivity contribution in [2.45, 2.75) is 111 Å². The second-order valence-electron chi connectivity index (χ2n) is 16.3. The highest BCUT2D eigenvalue weighted by atomic mass is 16.6. The molecule has 0 amide bonds. The Balaban J connectivity index is 1.44. The van der Waals surface area contributed by atoms with Crippen molar-refractivity contribution in [2.24, 2.45) is 50.6 Å². The Bertz CT molecular complexity index is 1730. The summed E-state index contributed by atoms with van der Waals surface area (Å²) in [6, 6.07) is 7.66. The van der Waals surface area contributed by atoms with Crippen molar-refractivity contribution in [1.29, 1.82) is 0 Å². The molecule has 0 heterocycles. The van der Waals surface area contributed by atoms with Crippen LogP contribution in [-0.2, 0) is 0 Å². The summed E-state index contributed by atoms with van der Waals surface area (Å²) in [4.78, 5) is 32.5. The van der Waals surface area contributed by atoms with Gasteiger partial charge in [-0.2, -0.15) is 10.2 Å². The number of nitrogens with one attached hydrogen (secondary N) is 2. The van der Waals surface area contributed by atoms with E-state index < -0.39 is 32.0 Å². The number of aliphatic hydroxyl groups excluding tert-OH is 1. The quantitative estimate of drug-likeness (QED) is 0.0446. The lowest BCUT2D eigenvalue weighted by Gasteiger charge is -2.55. The molecule has 3 saturated carbocycles. The van der Waals surface area contributed by atoms with Crippen molar-refractivity contribution >= 4 is 46.1 Å². The lowest BCUT2D eigenvalue weighted by Crippen LogP contribution is -2.51. The standard InChI is InChI=1S/C38H54N8O7/c1-24(2)7-5-6-8-25-9-12-30-29(17-20-40-41-33-13-10-26(44(48)49)21-32(33)39)31(16-19-37(25,30)3)38(4)18-15-28(47)23-36(38)43-42-34-14-11-27(45(50)51)22-35(34)46(52)53/h10-11,13-14,20-22,24-25,28-31,41-42,47H,5-9,12,15-19,23,39H2,1-4H3/b40-20+,43-36+/t25?,28-,29?,30?,31?,37+,38+/m0/s1. The third-order valence-corrected chi connectivity index (χ3v) is 12.7. The van der Waals surface area contributed by atoms with Gasteiger partial charge in [0.05, 0.1) is 38.3 Å². The number of unbranched alkanes of at least 4 members (excludes halogenated alkanes) is 1. The molecule has 0 saturated heterocycles. The van der Waals surface area contributed by atoms with Crippen LogP contribution in [0.5, 0.6) is 0 Å². The second kappa shape index (κ2) is 16.6. The fourth-order valence-corrected chi connectivity index (χ4v) is 9.74. The number of aliphatic hydroxyl groups is 1. The van der Waals surface area contributed by atoms with Crippen molar-refractivity contribution < 1.29 is 19.9 Å². The number of benzene rings is 2. The minimum absolute atomic E-state index is 0.0445. The van der Waals surface area contributed by atoms with Crippen LogP contribution in [0.15, 0.2) is 46.6 Å². The Morgan fingerprint density at radius 3 is 2.26 bits per heavy atom. The maximum Gasteiger partial charge on any atom is 0.301 e. The first kappa shape index (κ1) is 39.5. The van der Waals surface area contributed by atoms with E-state index >= 15 is 0 Å². The number of nitrogens with two attached hydrogens (primary N) is 1. The number of hydrogen-bond donors (Lipinski definition) is 4. The van der Waals surface area contributed by atoms with Gasteiger partial charge < -0.3 is 10.8 Å². The molecule has 5 N–H and O–H groups in total. The van der Waals surface area contributed by atoms with Crippen LogP contribution in [0.25, 0.3) is 0 Å². The summed E-state index contributed by atoms with van der Waals surface area (Å²) in [5.74, 6) is 2.17. The first-order valence-electron chi connectivity index (χ1n) is 18.9. The smallest absolute Gasteiger partial charge is 0.301 e. The van der Waals surface area contributed by atoms with E-state index in [1.54, 1.807) is 6.07 Å². The lowest BCUT2D eigenvalue weighted by atomic mass is 9.50. The van der Waals surface area contributed by atoms with Gasteiger partial charge in [0.1, 0.15) is 5.69 Å². The van der Waals surface area contributed by atoms with Crippen molar-refractivity contribution in [3.05, 3.63) is 66.7 Å². The van der Waals surface area contributed by atoms with E-state index in [-0.39, 0.29) is 40.0 Å². The molecule has 15 nitrogen and oxygen atoms in total. The van der Waals surface area contributed by atoms with Crippen LogP contribution >= 0.6 is 0 Å². The molecule has 3 aliphatic carbocycles. The van der Waals surface area contributed by atoms with Crippen LogP contribution in [0, 0.1) is 70.8 Å². The van der Waals surface area contributed by atoms with Crippen LogP contribution < -0.4 is 16.6 Å². The third-order valence-electron chi connectivity index (χ3n) is 12.7. The van der Waals surface area contributed by atoms with E-state index in [4.69, 9.17) is 10.8 Å². The van der Waals surface area contributed by atoms with Crippen LogP contribution in [0.2, 0.25) is 0 Å². The van der Waals surface area contributed by atoms with E-state index in [1.165, 1.54) is 56.4 Å². The molecule has 0 aliphatic heterocycles. The number of nitro groups is 3. The Hall–Kier alpha value is -4.66. The highest BCUT2D eigenvalue weighted by molar-refractivity contribution is 5.92. The zero-order valence-electron chi connectivity index (χ0n) is 31.2. The summed E-state index contributed by atoms with van der Waals surface area (Å²) in [6.07, 6.45) is 12.8. The van der Waals surface area contributed by atoms with Gasteiger partial charge in [-0.15, -0.1) is 0 Å². The molecule has 0 bridgehead atoms. The molecule has 3 fully saturated rings. The average molecular weight is 735 g/mol. The topological polar surface area (TPSA) is 224 Å². The lowest BCUT2D eigenvalue weighted by molar-refractivity contribution is -0.393. The van der Waals surface area contributed by atoms with Gasteiger partial charge in [0.25, 0.3) is 11.4 Å². The molecule has 7 atom stereocenters. The summed E-state index contributed by atoms with van der Waals surface area (Å²) in [5, 5.41) is 54.5. The van der Waals surface area contributed by atoms with Gasteiger partial charge in [0.2, 0.25) is 0 Å². The summed E-state index contributed by atoms with van der Waals surface area (Å²) in [5.41, 5.74) is 12.2. The molecule has 4 unspecified atom stereocenters. The maximum atomic E-state index is 11.9. The number of non-ortho nitro benzene ring substituents is 2. The second-order valence-corrected chi connectivity index (χ2v) is 16.3. The van der Waals surface area contributed by atoms with Gasteiger partial charge in [-0.05, 0) is 98.5 Å². The van der Waals surface area contributed by atoms with Crippen LogP contribution in [-0.4, -0.2) is 37.9 Å². The molecule has 3 aliphatic rings. The van der Waals surface area contributed by atoms with Gasteiger partial charge in [0, 0.05) is 42.0 Å². The number of fused-ring (bicyclic) bond motifs is 1. The van der Waals surface area contributed by atoms with Crippen LogP contribution in [0.4, 0.5) is 34.1 Å². The number of anilines is 3. The van der Waals surface area contributed by atoms with Crippen molar-refractivity contribution in [3.63, 3.8) is 0 Å². The normalized spacial score (nSPS) is 29.3. The van der Waals surface area contributed by atoms with E-state index in [2.05, 4.69) is 43.6 Å². The molecular weight excluding hydrogens is 680 g/mol. The highest BCUT2D eigenvalue weighted by Gasteiger charge is 2.57. The number of nitro benzene ring substituents is 3. The van der Waals surface area contributed by atoms with Gasteiger partial charge in [-0.3, -0.25) is 41.2 Å². The van der Waals surface area contributed by atoms with Gasteiger partial charge in [-0.1, -0.05) is 47.0 Å². The molecule has 0 radical (unpaired) electrons. The molecule has 288 valence electrons. The monoisotopic (exact) mass is 734 g/mol. The predicted molar refractivity (Wildman–Crippen MR) is 207 cm³/mol. The fraction of sp³-hybridized carbons (Fsp3) is 0.632. The molecule has 53 heavy (non-hydrogen) atoms. The number of hydrogen-bond acceptors (Lipinski definition) is 12. The molecule has 5 rings (SSSR count). The molecule has 2 aromatic carbocycles. The molecule has 0 aromatic heterocycles. The Kier molecular flexibility index (Phi) is 12.4. The van der Waals surface area contributed by atoms with E-state index in [1.807, 2.05) is 6.21 Å². The van der Waals surface area contributed by atoms with Crippen molar-refractivity contribution in [1.82, 2.24) is 0 Å². The minimum Gasteiger partial charge on any atom is -0.397 e. The van der Waals surface area contributed by atoms with E-state index in [0.29, 0.717) is 49.1 Å². The van der Waals surface area contributed by atoms with Crippen LogP contribution in [0.3, 0.4) is 0 Å². The SMILES string of the molecule is CC(C)CCCCC1CCC2C(C/C=N/Nc3ccc([N+](=O)[O-])cc3N)C([C@@]3(C)CC[C@H](O)C/C3=N\Nc3ccc([N+](=O)[O-])cc3[N+](=O)[O-])CC[C@]12C. The Morgan fingerprint density at radius 2 is 1.60 bits per heavy atom. The zero-order chi connectivity index (χ0) is 38.5. The number of nitrogen functional groups attached to an aromatic ring is 1.